The number of ether oxygens (including phenoxy) is 3. The fourth-order valence-electron chi connectivity index (χ4n) is 5.24. The first-order valence-corrected chi connectivity index (χ1v) is 13.3. The smallest absolute Gasteiger partial charge is 0.407 e. The van der Waals surface area contributed by atoms with Crippen LogP contribution in [-0.4, -0.2) is 72.5 Å². The number of carboxylic acid groups (broad SMARTS) is 1. The first kappa shape index (κ1) is 27.4. The molecule has 0 saturated carbocycles. The number of amides is 2. The number of carbonyl (C=O) groups is 3. The molecule has 1 saturated heterocycles. The molecule has 1 heterocycles. The quantitative estimate of drug-likeness (QED) is 0.421. The Morgan fingerprint density at radius 2 is 1.60 bits per heavy atom. The molecule has 3 atom stereocenters. The number of nitrogens with one attached hydrogen (secondary N) is 1. The van der Waals surface area contributed by atoms with Crippen LogP contribution in [0.1, 0.15) is 29.5 Å². The Labute approximate surface area is 232 Å². The summed E-state index contributed by atoms with van der Waals surface area (Å²) < 4.78 is 16.9. The maximum absolute atomic E-state index is 13.6. The molecule has 1 aliphatic carbocycles. The van der Waals surface area contributed by atoms with E-state index in [1.807, 2.05) is 66.7 Å². The molecule has 0 aromatic heterocycles. The minimum Gasteiger partial charge on any atom is -0.479 e. The number of fused-ring (bicyclic) bond motifs is 3. The van der Waals surface area contributed by atoms with Gasteiger partial charge in [0.05, 0.1) is 25.9 Å². The molecule has 9 nitrogen and oxygen atoms in total. The van der Waals surface area contributed by atoms with Gasteiger partial charge in [-0.2, -0.15) is 0 Å². The van der Waals surface area contributed by atoms with E-state index in [4.69, 9.17) is 14.2 Å². The van der Waals surface area contributed by atoms with E-state index in [2.05, 4.69) is 17.4 Å². The lowest BCUT2D eigenvalue weighted by molar-refractivity contribution is -0.161. The topological polar surface area (TPSA) is 114 Å². The standard InChI is InChI=1S/C31H32N2O7/c1-20(39-18-21-9-3-2-4-10-21)28(29(34)33-15-16-38-27(17-33)30(35)36)32-31(37)40-19-26-24-13-7-5-11-22(24)23-12-6-8-14-25(23)26/h2-14,20,26-28H,15-19H2,1H3,(H,32,37)(H,35,36)/t20-,27?,28+/m0/s1. The van der Waals surface area contributed by atoms with Gasteiger partial charge in [-0.1, -0.05) is 78.9 Å². The molecule has 1 fully saturated rings. The van der Waals surface area contributed by atoms with E-state index in [-0.39, 0.29) is 38.8 Å². The van der Waals surface area contributed by atoms with E-state index in [9.17, 15) is 19.5 Å². The van der Waals surface area contributed by atoms with Crippen LogP contribution in [0, 0.1) is 0 Å². The molecule has 40 heavy (non-hydrogen) atoms. The van der Waals surface area contributed by atoms with Crippen molar-refractivity contribution in [3.8, 4) is 11.1 Å². The first-order chi connectivity index (χ1) is 19.4. The predicted octanol–water partition coefficient (Wildman–Crippen LogP) is 3.81. The fourth-order valence-corrected chi connectivity index (χ4v) is 5.24. The van der Waals surface area contributed by atoms with Crippen LogP contribution in [0.25, 0.3) is 11.1 Å². The molecule has 2 aliphatic rings. The van der Waals surface area contributed by atoms with Crippen LogP contribution < -0.4 is 5.32 Å². The molecule has 1 unspecified atom stereocenters. The zero-order chi connectivity index (χ0) is 28.1. The largest absolute Gasteiger partial charge is 0.479 e. The molecule has 208 valence electrons. The number of alkyl carbamates (subject to hydrolysis) is 1. The maximum Gasteiger partial charge on any atom is 0.407 e. The summed E-state index contributed by atoms with van der Waals surface area (Å²) in [6.07, 6.45) is -2.61. The van der Waals surface area contributed by atoms with E-state index in [0.29, 0.717) is 0 Å². The fraction of sp³-hybridized carbons (Fsp3) is 0.323. The SMILES string of the molecule is C[C@H](OCc1ccccc1)[C@@H](NC(=O)OCC1c2ccccc2-c2ccccc21)C(=O)N1CCOC(C(=O)O)C1. The highest BCUT2D eigenvalue weighted by Crippen LogP contribution is 2.44. The average Bonchev–Trinajstić information content (AvgIpc) is 3.31. The molecule has 0 bridgehead atoms. The van der Waals surface area contributed by atoms with Crippen molar-refractivity contribution in [3.63, 3.8) is 0 Å². The molecule has 2 amide bonds. The number of benzene rings is 3. The normalized spacial score (nSPS) is 17.8. The van der Waals surface area contributed by atoms with E-state index in [0.717, 1.165) is 27.8 Å². The minimum absolute atomic E-state index is 0.0830. The number of hydrogen-bond acceptors (Lipinski definition) is 6. The lowest BCUT2D eigenvalue weighted by Crippen LogP contribution is -2.58. The van der Waals surface area contributed by atoms with Gasteiger partial charge >= 0.3 is 12.1 Å². The van der Waals surface area contributed by atoms with Gasteiger partial charge in [-0.15, -0.1) is 0 Å². The van der Waals surface area contributed by atoms with E-state index < -0.39 is 36.2 Å². The Morgan fingerprint density at radius 3 is 2.25 bits per heavy atom. The number of carbonyl (C=O) groups excluding carboxylic acids is 2. The van der Waals surface area contributed by atoms with Crippen molar-refractivity contribution in [3.05, 3.63) is 95.6 Å². The lowest BCUT2D eigenvalue weighted by atomic mass is 9.98. The summed E-state index contributed by atoms with van der Waals surface area (Å²) in [5.41, 5.74) is 5.30. The summed E-state index contributed by atoms with van der Waals surface area (Å²) in [6, 6.07) is 24.5. The monoisotopic (exact) mass is 544 g/mol. The van der Waals surface area contributed by atoms with Crippen molar-refractivity contribution in [1.82, 2.24) is 10.2 Å². The van der Waals surface area contributed by atoms with Crippen molar-refractivity contribution >= 4 is 18.0 Å². The third-order valence-corrected chi connectivity index (χ3v) is 7.36. The van der Waals surface area contributed by atoms with Crippen LogP contribution in [0.4, 0.5) is 4.79 Å². The molecule has 1 aliphatic heterocycles. The average molecular weight is 545 g/mol. The molecule has 9 heteroatoms. The van der Waals surface area contributed by atoms with Gasteiger partial charge in [0.2, 0.25) is 5.91 Å². The van der Waals surface area contributed by atoms with Gasteiger partial charge in [-0.25, -0.2) is 9.59 Å². The molecular formula is C31H32N2O7. The lowest BCUT2D eigenvalue weighted by Gasteiger charge is -2.35. The second-order valence-corrected chi connectivity index (χ2v) is 9.93. The van der Waals surface area contributed by atoms with Gasteiger partial charge in [0.1, 0.15) is 12.6 Å². The van der Waals surface area contributed by atoms with Gasteiger partial charge in [-0.3, -0.25) is 4.79 Å². The van der Waals surface area contributed by atoms with Crippen molar-refractivity contribution in [2.75, 3.05) is 26.3 Å². The number of aliphatic carboxylic acids is 1. The van der Waals surface area contributed by atoms with Crippen molar-refractivity contribution in [1.29, 1.82) is 0 Å². The number of morpholine rings is 1. The summed E-state index contributed by atoms with van der Waals surface area (Å²) in [7, 11) is 0. The van der Waals surface area contributed by atoms with Crippen LogP contribution in [0.5, 0.6) is 0 Å². The zero-order valence-corrected chi connectivity index (χ0v) is 22.2. The molecular weight excluding hydrogens is 512 g/mol. The number of nitrogens with zero attached hydrogens (tertiary/aromatic N) is 1. The van der Waals surface area contributed by atoms with Gasteiger partial charge < -0.3 is 29.5 Å². The second kappa shape index (κ2) is 12.3. The molecule has 2 N–H and O–H groups in total. The van der Waals surface area contributed by atoms with Gasteiger partial charge in [0.25, 0.3) is 0 Å². The third-order valence-electron chi connectivity index (χ3n) is 7.36. The Kier molecular flexibility index (Phi) is 8.42. The summed E-state index contributed by atoms with van der Waals surface area (Å²) in [5.74, 6) is -1.73. The highest BCUT2D eigenvalue weighted by Gasteiger charge is 2.37. The first-order valence-electron chi connectivity index (χ1n) is 13.3. The summed E-state index contributed by atoms with van der Waals surface area (Å²) >= 11 is 0. The second-order valence-electron chi connectivity index (χ2n) is 9.93. The van der Waals surface area contributed by atoms with Gasteiger partial charge in [0.15, 0.2) is 6.10 Å². The highest BCUT2D eigenvalue weighted by atomic mass is 16.6. The van der Waals surface area contributed by atoms with E-state index in [1.165, 1.54) is 4.90 Å². The Bertz CT molecular complexity index is 1320. The predicted molar refractivity (Wildman–Crippen MR) is 147 cm³/mol. The third kappa shape index (κ3) is 6.00. The minimum atomic E-state index is -1.15. The molecule has 0 spiro atoms. The van der Waals surface area contributed by atoms with Crippen molar-refractivity contribution in [2.24, 2.45) is 0 Å². The summed E-state index contributed by atoms with van der Waals surface area (Å²) in [6.45, 7) is 2.20. The Balaban J connectivity index is 1.28. The van der Waals surface area contributed by atoms with Crippen molar-refractivity contribution in [2.45, 2.75) is 37.7 Å². The number of rotatable bonds is 9. The molecule has 0 radical (unpaired) electrons. The van der Waals surface area contributed by atoms with Crippen LogP contribution in [0.15, 0.2) is 78.9 Å². The molecule has 5 rings (SSSR count). The number of hydrogen-bond donors (Lipinski definition) is 2. The van der Waals surface area contributed by atoms with E-state index >= 15 is 0 Å². The summed E-state index contributed by atoms with van der Waals surface area (Å²) in [4.78, 5) is 39.5. The molecule has 3 aromatic rings. The Hall–Kier alpha value is -4.21. The van der Waals surface area contributed by atoms with Crippen LogP contribution >= 0.6 is 0 Å². The zero-order valence-electron chi connectivity index (χ0n) is 22.2. The maximum atomic E-state index is 13.6. The van der Waals surface area contributed by atoms with Crippen LogP contribution in [0.3, 0.4) is 0 Å². The highest BCUT2D eigenvalue weighted by molar-refractivity contribution is 5.87. The van der Waals surface area contributed by atoms with E-state index in [1.54, 1.807) is 6.92 Å². The summed E-state index contributed by atoms with van der Waals surface area (Å²) in [5, 5.41) is 12.1. The van der Waals surface area contributed by atoms with Crippen molar-refractivity contribution < 1.29 is 33.7 Å². The van der Waals surface area contributed by atoms with Gasteiger partial charge in [0, 0.05) is 12.5 Å². The molecule has 3 aromatic carbocycles. The van der Waals surface area contributed by atoms with Gasteiger partial charge in [-0.05, 0) is 34.7 Å². The van der Waals surface area contributed by atoms with Crippen LogP contribution in [-0.2, 0) is 30.4 Å². The van der Waals surface area contributed by atoms with Crippen LogP contribution in [0.2, 0.25) is 0 Å². The number of carboxylic acids is 1. The Morgan fingerprint density at radius 1 is 0.975 bits per heavy atom.